The van der Waals surface area contributed by atoms with Gasteiger partial charge in [0.15, 0.2) is 10.8 Å². The number of hydrogen-bond donors (Lipinski definition) is 1. The first kappa shape index (κ1) is 18.2. The number of ether oxygens (including phenoxy) is 1. The molecule has 7 heteroatoms. The molecule has 1 N–H and O–H groups in total. The zero-order chi connectivity index (χ0) is 19.7. The van der Waals surface area contributed by atoms with E-state index in [1.807, 2.05) is 56.3 Å². The number of anilines is 1. The summed E-state index contributed by atoms with van der Waals surface area (Å²) in [6, 6.07) is 13.7. The number of carbonyl (C=O) groups is 1. The quantitative estimate of drug-likeness (QED) is 0.514. The first-order chi connectivity index (χ1) is 13.5. The van der Waals surface area contributed by atoms with Crippen molar-refractivity contribution in [3.63, 3.8) is 0 Å². The fourth-order valence-corrected chi connectivity index (χ4v) is 3.73. The zero-order valence-electron chi connectivity index (χ0n) is 15.8. The van der Waals surface area contributed by atoms with Crippen molar-refractivity contribution in [1.82, 2.24) is 10.1 Å². The van der Waals surface area contributed by atoms with Crippen LogP contribution in [0, 0.1) is 20.8 Å². The van der Waals surface area contributed by atoms with Gasteiger partial charge in [0.05, 0.1) is 15.8 Å². The van der Waals surface area contributed by atoms with E-state index in [9.17, 15) is 4.79 Å². The summed E-state index contributed by atoms with van der Waals surface area (Å²) in [6.07, 6.45) is 0. The van der Waals surface area contributed by atoms with Crippen LogP contribution >= 0.6 is 11.3 Å². The highest BCUT2D eigenvalue weighted by Crippen LogP contribution is 2.27. The number of aryl methyl sites for hydroxylation is 3. The molecule has 0 unspecified atom stereocenters. The largest absolute Gasteiger partial charge is 0.489 e. The third-order valence-electron chi connectivity index (χ3n) is 4.37. The zero-order valence-corrected chi connectivity index (χ0v) is 16.6. The number of hydrogen-bond acceptors (Lipinski definition) is 6. The summed E-state index contributed by atoms with van der Waals surface area (Å²) in [5.41, 5.74) is 3.98. The molecule has 0 bridgehead atoms. The molecule has 2 heterocycles. The van der Waals surface area contributed by atoms with E-state index in [0.717, 1.165) is 27.1 Å². The second-order valence-electron chi connectivity index (χ2n) is 6.61. The molecule has 28 heavy (non-hydrogen) atoms. The van der Waals surface area contributed by atoms with Crippen LogP contribution in [0.3, 0.4) is 0 Å². The summed E-state index contributed by atoms with van der Waals surface area (Å²) < 4.78 is 12.0. The minimum absolute atomic E-state index is 0.195. The van der Waals surface area contributed by atoms with E-state index in [2.05, 4.69) is 15.5 Å². The molecular formula is C21H19N3O3S. The molecule has 0 atom stereocenters. The summed E-state index contributed by atoms with van der Waals surface area (Å²) >= 11 is 1.43. The van der Waals surface area contributed by atoms with Gasteiger partial charge < -0.3 is 9.26 Å². The fraction of sp³-hybridized carbons (Fsp3) is 0.190. The van der Waals surface area contributed by atoms with Crippen LogP contribution in [0.25, 0.3) is 10.2 Å². The van der Waals surface area contributed by atoms with Gasteiger partial charge in [-0.25, -0.2) is 4.98 Å². The van der Waals surface area contributed by atoms with Crippen LogP contribution in [-0.4, -0.2) is 16.0 Å². The molecule has 0 aliphatic heterocycles. The van der Waals surface area contributed by atoms with E-state index in [0.29, 0.717) is 16.5 Å². The van der Waals surface area contributed by atoms with Crippen LogP contribution in [0.2, 0.25) is 0 Å². The molecule has 6 nitrogen and oxygen atoms in total. The number of benzene rings is 2. The van der Waals surface area contributed by atoms with E-state index in [1.54, 1.807) is 6.92 Å². The summed E-state index contributed by atoms with van der Waals surface area (Å²) in [7, 11) is 0. The second-order valence-corrected chi connectivity index (χ2v) is 7.64. The van der Waals surface area contributed by atoms with Crippen LogP contribution in [0.15, 0.2) is 47.0 Å². The number of thiazole rings is 1. The van der Waals surface area contributed by atoms with Crippen molar-refractivity contribution in [2.45, 2.75) is 27.4 Å². The summed E-state index contributed by atoms with van der Waals surface area (Å²) in [6.45, 7) is 5.99. The third-order valence-corrected chi connectivity index (χ3v) is 5.30. The maximum absolute atomic E-state index is 12.7. The van der Waals surface area contributed by atoms with E-state index in [4.69, 9.17) is 9.26 Å². The van der Waals surface area contributed by atoms with Crippen molar-refractivity contribution in [2.75, 3.05) is 5.32 Å². The Kier molecular flexibility index (Phi) is 4.83. The molecule has 0 saturated carbocycles. The van der Waals surface area contributed by atoms with Gasteiger partial charge in [-0.15, -0.1) is 0 Å². The van der Waals surface area contributed by atoms with Crippen molar-refractivity contribution >= 4 is 32.6 Å². The molecule has 0 aliphatic rings. The Labute approximate surface area is 166 Å². The molecule has 0 spiro atoms. The number of rotatable bonds is 5. The van der Waals surface area contributed by atoms with Crippen LogP contribution in [0.4, 0.5) is 5.13 Å². The lowest BCUT2D eigenvalue weighted by atomic mass is 10.2. The molecule has 1 amide bonds. The predicted molar refractivity (Wildman–Crippen MR) is 109 cm³/mol. The van der Waals surface area contributed by atoms with Gasteiger partial charge in [-0.2, -0.15) is 0 Å². The number of nitrogens with one attached hydrogen (secondary N) is 1. The number of nitrogens with zero attached hydrogens (tertiary/aromatic N) is 2. The lowest BCUT2D eigenvalue weighted by molar-refractivity contribution is 0.101. The van der Waals surface area contributed by atoms with E-state index in [1.165, 1.54) is 11.3 Å². The number of aromatic nitrogens is 2. The first-order valence-electron chi connectivity index (χ1n) is 8.83. The van der Waals surface area contributed by atoms with E-state index in [-0.39, 0.29) is 18.2 Å². The Hall–Kier alpha value is -3.19. The van der Waals surface area contributed by atoms with Gasteiger partial charge in [0.2, 0.25) is 0 Å². The normalized spacial score (nSPS) is 11.0. The Balaban J connectivity index is 1.51. The topological polar surface area (TPSA) is 77.2 Å². The van der Waals surface area contributed by atoms with Crippen molar-refractivity contribution in [3.8, 4) is 5.75 Å². The van der Waals surface area contributed by atoms with Crippen molar-refractivity contribution < 1.29 is 14.1 Å². The molecule has 4 rings (SSSR count). The maximum Gasteiger partial charge on any atom is 0.280 e. The Bertz CT molecular complexity index is 1150. The highest BCUT2D eigenvalue weighted by atomic mass is 32.1. The Morgan fingerprint density at radius 2 is 1.86 bits per heavy atom. The fourth-order valence-electron chi connectivity index (χ4n) is 2.77. The average Bonchev–Trinajstić information content (AvgIpc) is 3.23. The van der Waals surface area contributed by atoms with Gasteiger partial charge in [0.1, 0.15) is 18.1 Å². The molecule has 0 aliphatic carbocycles. The highest BCUT2D eigenvalue weighted by Gasteiger charge is 2.21. The maximum atomic E-state index is 12.7. The molecular weight excluding hydrogens is 374 g/mol. The van der Waals surface area contributed by atoms with Gasteiger partial charge in [-0.05, 0) is 50.6 Å². The molecule has 4 aromatic rings. The minimum atomic E-state index is -0.366. The molecule has 2 aromatic carbocycles. The molecule has 0 saturated heterocycles. The van der Waals surface area contributed by atoms with Crippen LogP contribution in [-0.2, 0) is 6.61 Å². The Morgan fingerprint density at radius 3 is 2.64 bits per heavy atom. The van der Waals surface area contributed by atoms with Gasteiger partial charge in [-0.3, -0.25) is 10.1 Å². The summed E-state index contributed by atoms with van der Waals surface area (Å²) in [5, 5.41) is 7.26. The minimum Gasteiger partial charge on any atom is -0.489 e. The van der Waals surface area contributed by atoms with Gasteiger partial charge >= 0.3 is 0 Å². The van der Waals surface area contributed by atoms with Gasteiger partial charge in [-0.1, -0.05) is 40.3 Å². The third kappa shape index (κ3) is 3.75. The summed E-state index contributed by atoms with van der Waals surface area (Å²) in [5.74, 6) is 0.909. The predicted octanol–water partition coefficient (Wildman–Crippen LogP) is 5.04. The Morgan fingerprint density at radius 1 is 1.11 bits per heavy atom. The lowest BCUT2D eigenvalue weighted by Gasteiger charge is -2.07. The SMILES string of the molecule is Cc1ccc(OCc2c(C(=O)Nc3nc4ccc(C)cc4s3)noc2C)cc1. The monoisotopic (exact) mass is 393 g/mol. The molecule has 0 fully saturated rings. The average molecular weight is 393 g/mol. The highest BCUT2D eigenvalue weighted by molar-refractivity contribution is 7.22. The second kappa shape index (κ2) is 7.44. The molecule has 2 aromatic heterocycles. The number of carbonyl (C=O) groups excluding carboxylic acids is 1. The van der Waals surface area contributed by atoms with Crippen molar-refractivity contribution in [3.05, 3.63) is 70.6 Å². The van der Waals surface area contributed by atoms with Crippen LogP contribution in [0.5, 0.6) is 5.75 Å². The standard InChI is InChI=1S/C21H19N3O3S/c1-12-4-7-15(8-5-12)26-11-16-14(3)27-24-19(16)20(25)23-21-22-17-9-6-13(2)10-18(17)28-21/h4-10H,11H2,1-3H3,(H,22,23,25). The summed E-state index contributed by atoms with van der Waals surface area (Å²) in [4.78, 5) is 17.2. The van der Waals surface area contributed by atoms with E-state index >= 15 is 0 Å². The van der Waals surface area contributed by atoms with Gasteiger partial charge in [0, 0.05) is 0 Å². The molecule has 142 valence electrons. The van der Waals surface area contributed by atoms with Crippen LogP contribution in [0.1, 0.15) is 32.9 Å². The lowest BCUT2D eigenvalue weighted by Crippen LogP contribution is -2.15. The number of amides is 1. The smallest absolute Gasteiger partial charge is 0.280 e. The van der Waals surface area contributed by atoms with Gasteiger partial charge in [0.25, 0.3) is 5.91 Å². The van der Waals surface area contributed by atoms with E-state index < -0.39 is 0 Å². The van der Waals surface area contributed by atoms with Crippen molar-refractivity contribution in [1.29, 1.82) is 0 Å². The number of fused-ring (bicyclic) bond motifs is 1. The van der Waals surface area contributed by atoms with Crippen molar-refractivity contribution in [2.24, 2.45) is 0 Å². The first-order valence-corrected chi connectivity index (χ1v) is 9.64. The van der Waals surface area contributed by atoms with Crippen LogP contribution < -0.4 is 10.1 Å². The molecule has 0 radical (unpaired) electrons.